The Kier molecular flexibility index (Phi) is 6.42. The van der Waals surface area contributed by atoms with Crippen LogP contribution in [0.15, 0.2) is 0 Å². The summed E-state index contributed by atoms with van der Waals surface area (Å²) in [4.78, 5) is 12.2. The molecule has 4 N–H and O–H groups in total. The van der Waals surface area contributed by atoms with Crippen LogP contribution in [0.4, 0.5) is 0 Å². The monoisotopic (exact) mass is 314 g/mol. The van der Waals surface area contributed by atoms with Crippen LogP contribution in [0.1, 0.15) is 66.7 Å². The van der Waals surface area contributed by atoms with Crippen LogP contribution in [-0.2, 0) is 4.79 Å². The third-order valence-electron chi connectivity index (χ3n) is 4.29. The van der Waals surface area contributed by atoms with Gasteiger partial charge in [0.1, 0.15) is 0 Å². The molecule has 0 aromatic carbocycles. The van der Waals surface area contributed by atoms with E-state index in [0.29, 0.717) is 25.2 Å². The largest absolute Gasteiger partial charge is 0.396 e. The van der Waals surface area contributed by atoms with Gasteiger partial charge >= 0.3 is 0 Å². The van der Waals surface area contributed by atoms with E-state index >= 15 is 0 Å². The van der Waals surface area contributed by atoms with Crippen LogP contribution in [0.3, 0.4) is 0 Å². The van der Waals surface area contributed by atoms with Gasteiger partial charge in [-0.1, -0.05) is 0 Å². The van der Waals surface area contributed by atoms with Crippen molar-refractivity contribution < 1.29 is 15.0 Å². The first-order valence-electron chi connectivity index (χ1n) is 8.34. The van der Waals surface area contributed by atoms with Gasteiger partial charge in [0.25, 0.3) is 0 Å². The van der Waals surface area contributed by atoms with E-state index in [0.717, 1.165) is 12.8 Å². The van der Waals surface area contributed by atoms with Crippen LogP contribution in [0.5, 0.6) is 0 Å². The summed E-state index contributed by atoms with van der Waals surface area (Å²) in [6.45, 7) is 10.7. The predicted octanol–water partition coefficient (Wildman–Crippen LogP) is 1.57. The fourth-order valence-electron chi connectivity index (χ4n) is 3.85. The molecular formula is C17H34N2O3. The number of carbonyl (C=O) groups excluding carboxylic acids is 1. The second-order valence-electron chi connectivity index (χ2n) is 8.47. The smallest absolute Gasteiger partial charge is 0.220 e. The summed E-state index contributed by atoms with van der Waals surface area (Å²) < 4.78 is 0. The summed E-state index contributed by atoms with van der Waals surface area (Å²) in [6.07, 6.45) is 3.48. The first kappa shape index (κ1) is 19.4. The van der Waals surface area contributed by atoms with Crippen molar-refractivity contribution in [2.75, 3.05) is 13.2 Å². The second kappa shape index (κ2) is 7.28. The summed E-state index contributed by atoms with van der Waals surface area (Å²) in [5.74, 6) is 0.358. The van der Waals surface area contributed by atoms with E-state index in [-0.39, 0.29) is 30.1 Å². The molecule has 0 spiro atoms. The molecule has 1 aliphatic rings. The standard InChI is InChI=1S/C17H34N2O3/c1-15(2)10-13(11-16(3,4)19-15)9-14(21)18-12-17(5,22)7-6-8-20/h13,19-20,22H,6-12H2,1-5H3,(H,18,21)/t17-/m1/s1. The van der Waals surface area contributed by atoms with Gasteiger partial charge < -0.3 is 20.8 Å². The molecule has 130 valence electrons. The minimum absolute atomic E-state index is 0.00257. The summed E-state index contributed by atoms with van der Waals surface area (Å²) in [5.41, 5.74) is -0.871. The normalized spacial score (nSPS) is 23.8. The van der Waals surface area contributed by atoms with Crippen molar-refractivity contribution in [3.05, 3.63) is 0 Å². The number of rotatable bonds is 7. The molecular weight excluding hydrogens is 280 g/mol. The number of hydrogen-bond acceptors (Lipinski definition) is 4. The number of aliphatic hydroxyl groups excluding tert-OH is 1. The SMILES string of the molecule is CC1(C)CC(CC(=O)NC[C@](C)(O)CCCO)CC(C)(C)N1. The van der Waals surface area contributed by atoms with Gasteiger partial charge in [0, 0.05) is 30.7 Å². The van der Waals surface area contributed by atoms with Crippen molar-refractivity contribution in [2.24, 2.45) is 5.92 Å². The minimum atomic E-state index is -0.953. The molecule has 1 rings (SSSR count). The predicted molar refractivity (Wildman–Crippen MR) is 88.6 cm³/mol. The summed E-state index contributed by atoms with van der Waals surface area (Å²) in [6, 6.07) is 0. The number of piperidine rings is 1. The Labute approximate surface area is 134 Å². The van der Waals surface area contributed by atoms with Crippen molar-refractivity contribution in [3.8, 4) is 0 Å². The molecule has 1 amide bonds. The molecule has 0 aliphatic carbocycles. The molecule has 0 saturated carbocycles. The van der Waals surface area contributed by atoms with Crippen LogP contribution >= 0.6 is 0 Å². The van der Waals surface area contributed by atoms with Gasteiger partial charge in [-0.25, -0.2) is 0 Å². The maximum absolute atomic E-state index is 12.2. The van der Waals surface area contributed by atoms with Gasteiger partial charge in [-0.2, -0.15) is 0 Å². The third-order valence-corrected chi connectivity index (χ3v) is 4.29. The van der Waals surface area contributed by atoms with Crippen LogP contribution < -0.4 is 10.6 Å². The zero-order valence-corrected chi connectivity index (χ0v) is 14.8. The van der Waals surface area contributed by atoms with E-state index in [1.54, 1.807) is 6.92 Å². The van der Waals surface area contributed by atoms with Gasteiger partial charge in [0.15, 0.2) is 0 Å². The first-order valence-corrected chi connectivity index (χ1v) is 8.34. The fraction of sp³-hybridized carbons (Fsp3) is 0.941. The van der Waals surface area contributed by atoms with Crippen molar-refractivity contribution >= 4 is 5.91 Å². The Bertz CT molecular complexity index is 362. The molecule has 1 aliphatic heterocycles. The van der Waals surface area contributed by atoms with Gasteiger partial charge in [-0.05, 0) is 66.2 Å². The summed E-state index contributed by atoms with van der Waals surface area (Å²) in [5, 5.41) is 25.4. The molecule has 22 heavy (non-hydrogen) atoms. The molecule has 1 saturated heterocycles. The lowest BCUT2D eigenvalue weighted by atomic mass is 9.74. The molecule has 5 nitrogen and oxygen atoms in total. The van der Waals surface area contributed by atoms with E-state index in [1.165, 1.54) is 0 Å². The lowest BCUT2D eigenvalue weighted by molar-refractivity contribution is -0.123. The molecule has 0 bridgehead atoms. The summed E-state index contributed by atoms with van der Waals surface area (Å²) in [7, 11) is 0. The Morgan fingerprint density at radius 1 is 1.27 bits per heavy atom. The maximum atomic E-state index is 12.2. The first-order chi connectivity index (χ1) is 9.95. The van der Waals surface area contributed by atoms with E-state index in [9.17, 15) is 9.90 Å². The Morgan fingerprint density at radius 3 is 2.32 bits per heavy atom. The molecule has 1 fully saturated rings. The van der Waals surface area contributed by atoms with E-state index in [1.807, 2.05) is 0 Å². The van der Waals surface area contributed by atoms with E-state index in [2.05, 4.69) is 38.3 Å². The van der Waals surface area contributed by atoms with Crippen molar-refractivity contribution in [1.82, 2.24) is 10.6 Å². The number of amides is 1. The number of aliphatic hydroxyl groups is 2. The second-order valence-corrected chi connectivity index (χ2v) is 8.47. The zero-order valence-electron chi connectivity index (χ0n) is 14.8. The highest BCUT2D eigenvalue weighted by Gasteiger charge is 2.38. The van der Waals surface area contributed by atoms with Crippen LogP contribution in [-0.4, -0.2) is 46.0 Å². The topological polar surface area (TPSA) is 81.6 Å². The fourth-order valence-corrected chi connectivity index (χ4v) is 3.85. The Balaban J connectivity index is 2.44. The molecule has 0 aromatic heterocycles. The van der Waals surface area contributed by atoms with Crippen LogP contribution in [0.25, 0.3) is 0 Å². The van der Waals surface area contributed by atoms with Crippen molar-refractivity contribution in [1.29, 1.82) is 0 Å². The van der Waals surface area contributed by atoms with Crippen molar-refractivity contribution in [3.63, 3.8) is 0 Å². The average Bonchev–Trinajstić information content (AvgIpc) is 2.30. The molecule has 1 atom stereocenters. The third kappa shape index (κ3) is 7.07. The lowest BCUT2D eigenvalue weighted by Crippen LogP contribution is -2.58. The highest BCUT2D eigenvalue weighted by Crippen LogP contribution is 2.34. The van der Waals surface area contributed by atoms with E-state index < -0.39 is 5.60 Å². The van der Waals surface area contributed by atoms with Gasteiger partial charge in [-0.15, -0.1) is 0 Å². The average molecular weight is 314 g/mol. The van der Waals surface area contributed by atoms with Gasteiger partial charge in [0.05, 0.1) is 5.60 Å². The van der Waals surface area contributed by atoms with E-state index in [4.69, 9.17) is 5.11 Å². The molecule has 1 heterocycles. The molecule has 0 unspecified atom stereocenters. The molecule has 5 heteroatoms. The van der Waals surface area contributed by atoms with Crippen molar-refractivity contribution in [2.45, 2.75) is 83.4 Å². The van der Waals surface area contributed by atoms with Gasteiger partial charge in [0.2, 0.25) is 5.91 Å². The minimum Gasteiger partial charge on any atom is -0.396 e. The number of nitrogens with one attached hydrogen (secondary N) is 2. The molecule has 0 radical (unpaired) electrons. The maximum Gasteiger partial charge on any atom is 0.220 e. The molecule has 0 aromatic rings. The lowest BCUT2D eigenvalue weighted by Gasteiger charge is -2.46. The highest BCUT2D eigenvalue weighted by molar-refractivity contribution is 5.76. The highest BCUT2D eigenvalue weighted by atomic mass is 16.3. The van der Waals surface area contributed by atoms with Crippen LogP contribution in [0, 0.1) is 5.92 Å². The summed E-state index contributed by atoms with van der Waals surface area (Å²) >= 11 is 0. The Morgan fingerprint density at radius 2 is 1.82 bits per heavy atom. The van der Waals surface area contributed by atoms with Gasteiger partial charge in [-0.3, -0.25) is 4.79 Å². The Hall–Kier alpha value is -0.650. The number of hydrogen-bond donors (Lipinski definition) is 4. The quantitative estimate of drug-likeness (QED) is 0.575. The van der Waals surface area contributed by atoms with Crippen LogP contribution in [0.2, 0.25) is 0 Å². The number of carbonyl (C=O) groups is 1. The zero-order chi connectivity index (χ0) is 17.0.